The Kier molecular flexibility index (Phi) is 4.06. The number of nitrogens with one attached hydrogen (secondary N) is 1. The fourth-order valence-corrected chi connectivity index (χ4v) is 5.45. The van der Waals surface area contributed by atoms with E-state index >= 15 is 0 Å². The summed E-state index contributed by atoms with van der Waals surface area (Å²) in [6, 6.07) is 2.75. The van der Waals surface area contributed by atoms with Crippen molar-refractivity contribution in [3.05, 3.63) is 49.0 Å². The van der Waals surface area contributed by atoms with Crippen molar-refractivity contribution < 1.29 is 0 Å². The third kappa shape index (κ3) is 2.53. The van der Waals surface area contributed by atoms with Gasteiger partial charge in [0.2, 0.25) is 0 Å². The molecule has 2 atom stereocenters. The number of fused-ring (bicyclic) bond motifs is 1. The molecule has 24 heavy (non-hydrogen) atoms. The number of hydrogen-bond donors (Lipinski definition) is 1. The van der Waals surface area contributed by atoms with Crippen LogP contribution in [0.5, 0.6) is 0 Å². The standard InChI is InChI=1S/C18H21N3OS2/c1-10-12(3)24-18-15(10)17(22)19-16(20-18)11(2)21-7-4-5-14(21)13-6-8-23-9-13/h6,8-9,11,14H,4-5,7H2,1-3H3,(H,19,20,22)/t11-,14-/m0/s1. The Labute approximate surface area is 149 Å². The maximum absolute atomic E-state index is 12.6. The highest BCUT2D eigenvalue weighted by atomic mass is 32.1. The van der Waals surface area contributed by atoms with Gasteiger partial charge in [-0.05, 0) is 68.1 Å². The second kappa shape index (κ2) is 6.10. The van der Waals surface area contributed by atoms with E-state index in [0.29, 0.717) is 6.04 Å². The summed E-state index contributed by atoms with van der Waals surface area (Å²) in [5, 5.41) is 5.13. The van der Waals surface area contributed by atoms with Crippen LogP contribution in [0.15, 0.2) is 21.6 Å². The minimum atomic E-state index is -0.00465. The van der Waals surface area contributed by atoms with Crippen molar-refractivity contribution in [3.8, 4) is 0 Å². The fraction of sp³-hybridized carbons (Fsp3) is 0.444. The second-order valence-corrected chi connectivity index (χ2v) is 8.53. The van der Waals surface area contributed by atoms with Gasteiger partial charge in [-0.15, -0.1) is 11.3 Å². The number of thiophene rings is 2. The van der Waals surface area contributed by atoms with Crippen molar-refractivity contribution in [1.82, 2.24) is 14.9 Å². The van der Waals surface area contributed by atoms with Crippen LogP contribution in [-0.2, 0) is 0 Å². The average Bonchev–Trinajstić information content (AvgIpc) is 3.27. The predicted octanol–water partition coefficient (Wildman–Crippen LogP) is 4.56. The summed E-state index contributed by atoms with van der Waals surface area (Å²) in [6.07, 6.45) is 2.36. The number of likely N-dealkylation sites (tertiary alicyclic amines) is 1. The maximum atomic E-state index is 12.6. The third-order valence-electron chi connectivity index (χ3n) is 5.17. The number of aromatic amines is 1. The van der Waals surface area contributed by atoms with Gasteiger partial charge in [-0.1, -0.05) is 0 Å². The lowest BCUT2D eigenvalue weighted by molar-refractivity contribution is 0.187. The normalized spacial score (nSPS) is 20.0. The van der Waals surface area contributed by atoms with Crippen LogP contribution < -0.4 is 5.56 Å². The molecule has 4 nitrogen and oxygen atoms in total. The molecule has 0 radical (unpaired) electrons. The summed E-state index contributed by atoms with van der Waals surface area (Å²) in [6.45, 7) is 7.26. The molecule has 0 spiro atoms. The highest BCUT2D eigenvalue weighted by molar-refractivity contribution is 7.18. The van der Waals surface area contributed by atoms with Crippen LogP contribution in [0.4, 0.5) is 0 Å². The van der Waals surface area contributed by atoms with Crippen molar-refractivity contribution in [2.75, 3.05) is 6.54 Å². The molecule has 0 unspecified atom stereocenters. The van der Waals surface area contributed by atoms with Gasteiger partial charge in [-0.2, -0.15) is 11.3 Å². The molecular weight excluding hydrogens is 338 g/mol. The summed E-state index contributed by atoms with van der Waals surface area (Å²) < 4.78 is 0. The molecule has 6 heteroatoms. The lowest BCUT2D eigenvalue weighted by atomic mass is 10.1. The van der Waals surface area contributed by atoms with Crippen LogP contribution in [0.1, 0.15) is 53.7 Å². The molecule has 0 aromatic carbocycles. The Bertz CT molecular complexity index is 926. The fourth-order valence-electron chi connectivity index (χ4n) is 3.70. The highest BCUT2D eigenvalue weighted by Gasteiger charge is 2.32. The van der Waals surface area contributed by atoms with E-state index in [9.17, 15) is 4.79 Å². The van der Waals surface area contributed by atoms with Crippen LogP contribution in [0, 0.1) is 13.8 Å². The van der Waals surface area contributed by atoms with Gasteiger partial charge in [0.1, 0.15) is 10.7 Å². The van der Waals surface area contributed by atoms with Gasteiger partial charge in [0.25, 0.3) is 5.56 Å². The van der Waals surface area contributed by atoms with Crippen LogP contribution in [0.3, 0.4) is 0 Å². The Balaban J connectivity index is 1.73. The molecular formula is C18H21N3OS2. The minimum absolute atomic E-state index is 0.00465. The Morgan fingerprint density at radius 1 is 1.42 bits per heavy atom. The van der Waals surface area contributed by atoms with E-state index in [1.807, 2.05) is 6.92 Å². The SMILES string of the molecule is Cc1sc2nc([C@H](C)N3CCC[C@H]3c3ccsc3)[nH]c(=O)c2c1C. The van der Waals surface area contributed by atoms with Crippen LogP contribution in [0.2, 0.25) is 0 Å². The molecule has 0 amide bonds. The van der Waals surface area contributed by atoms with Crippen LogP contribution >= 0.6 is 22.7 Å². The number of rotatable bonds is 3. The topological polar surface area (TPSA) is 49.0 Å². The molecule has 1 aliphatic heterocycles. The number of H-pyrrole nitrogens is 1. The molecule has 1 fully saturated rings. The van der Waals surface area contributed by atoms with Crippen LogP contribution in [0.25, 0.3) is 10.2 Å². The Hall–Kier alpha value is -1.50. The Morgan fingerprint density at radius 3 is 3.00 bits per heavy atom. The summed E-state index contributed by atoms with van der Waals surface area (Å²) in [5.74, 6) is 0.788. The molecule has 3 aromatic heterocycles. The first-order valence-electron chi connectivity index (χ1n) is 8.34. The van der Waals surface area contributed by atoms with Gasteiger partial charge >= 0.3 is 0 Å². The van der Waals surface area contributed by atoms with Crippen molar-refractivity contribution in [2.45, 2.75) is 45.7 Å². The number of nitrogens with zero attached hydrogens (tertiary/aromatic N) is 2. The smallest absolute Gasteiger partial charge is 0.259 e. The first-order chi connectivity index (χ1) is 11.6. The van der Waals surface area contributed by atoms with Crippen molar-refractivity contribution >= 4 is 32.9 Å². The predicted molar refractivity (Wildman–Crippen MR) is 101 cm³/mol. The lowest BCUT2D eigenvalue weighted by Gasteiger charge is -2.29. The van der Waals surface area contributed by atoms with Gasteiger partial charge in [-0.25, -0.2) is 4.98 Å². The van der Waals surface area contributed by atoms with Gasteiger partial charge in [0, 0.05) is 10.9 Å². The van der Waals surface area contributed by atoms with Gasteiger partial charge in [0.15, 0.2) is 0 Å². The zero-order chi connectivity index (χ0) is 16.8. The highest BCUT2D eigenvalue weighted by Crippen LogP contribution is 2.38. The Morgan fingerprint density at radius 2 is 2.25 bits per heavy atom. The van der Waals surface area contributed by atoms with E-state index < -0.39 is 0 Å². The minimum Gasteiger partial charge on any atom is -0.309 e. The van der Waals surface area contributed by atoms with Gasteiger partial charge in [0.05, 0.1) is 11.4 Å². The zero-order valence-corrected chi connectivity index (χ0v) is 15.8. The summed E-state index contributed by atoms with van der Waals surface area (Å²) in [4.78, 5) is 24.9. The number of hydrogen-bond acceptors (Lipinski definition) is 5. The van der Waals surface area contributed by atoms with Crippen molar-refractivity contribution in [3.63, 3.8) is 0 Å². The summed E-state index contributed by atoms with van der Waals surface area (Å²) >= 11 is 3.36. The van der Waals surface area contributed by atoms with Gasteiger partial charge in [-0.3, -0.25) is 9.69 Å². The van der Waals surface area contributed by atoms with E-state index in [0.717, 1.165) is 28.1 Å². The number of aryl methyl sites for hydroxylation is 2. The first-order valence-corrected chi connectivity index (χ1v) is 10.1. The second-order valence-electron chi connectivity index (χ2n) is 6.54. The number of aromatic nitrogens is 2. The molecule has 0 bridgehead atoms. The summed E-state index contributed by atoms with van der Waals surface area (Å²) in [5.41, 5.74) is 2.44. The molecule has 0 saturated carbocycles. The first kappa shape index (κ1) is 16.0. The molecule has 126 valence electrons. The van der Waals surface area contributed by atoms with E-state index in [1.54, 1.807) is 22.7 Å². The monoisotopic (exact) mass is 359 g/mol. The van der Waals surface area contributed by atoms with E-state index in [1.165, 1.54) is 23.3 Å². The molecule has 0 aliphatic carbocycles. The molecule has 1 aliphatic rings. The van der Waals surface area contributed by atoms with E-state index in [2.05, 4.69) is 40.6 Å². The maximum Gasteiger partial charge on any atom is 0.259 e. The molecule has 4 rings (SSSR count). The quantitative estimate of drug-likeness (QED) is 0.746. The molecule has 1 saturated heterocycles. The molecule has 4 heterocycles. The third-order valence-corrected chi connectivity index (χ3v) is 6.98. The largest absolute Gasteiger partial charge is 0.309 e. The summed E-state index contributed by atoms with van der Waals surface area (Å²) in [7, 11) is 0. The molecule has 1 N–H and O–H groups in total. The van der Waals surface area contributed by atoms with Crippen LogP contribution in [-0.4, -0.2) is 21.4 Å². The average molecular weight is 360 g/mol. The van der Waals surface area contributed by atoms with E-state index in [4.69, 9.17) is 4.98 Å². The van der Waals surface area contributed by atoms with E-state index in [-0.39, 0.29) is 11.6 Å². The van der Waals surface area contributed by atoms with Gasteiger partial charge < -0.3 is 4.98 Å². The zero-order valence-electron chi connectivity index (χ0n) is 14.1. The molecule has 3 aromatic rings. The van der Waals surface area contributed by atoms with Crippen molar-refractivity contribution in [2.24, 2.45) is 0 Å². The lowest BCUT2D eigenvalue weighted by Crippen LogP contribution is -2.29. The van der Waals surface area contributed by atoms with Crippen molar-refractivity contribution in [1.29, 1.82) is 0 Å².